The van der Waals surface area contributed by atoms with Crippen LogP contribution in [0.3, 0.4) is 0 Å². The Morgan fingerprint density at radius 2 is 1.90 bits per heavy atom. The summed E-state index contributed by atoms with van der Waals surface area (Å²) in [4.78, 5) is 0. The molecule has 0 amide bonds. The van der Waals surface area contributed by atoms with Crippen LogP contribution < -0.4 is 0 Å². The van der Waals surface area contributed by atoms with Gasteiger partial charge in [0.25, 0.3) is 0 Å². The molecule has 0 aliphatic heterocycles. The van der Waals surface area contributed by atoms with E-state index in [0.717, 1.165) is 25.7 Å². The lowest BCUT2D eigenvalue weighted by Crippen LogP contribution is -2.25. The second-order valence-electron chi connectivity index (χ2n) is 3.12. The smallest absolute Gasteiger partial charge is 0.0569 e. The molecule has 2 heteroatoms. The predicted molar refractivity (Wildman–Crippen MR) is 39.7 cm³/mol. The summed E-state index contributed by atoms with van der Waals surface area (Å²) in [5, 5.41) is 18.0. The van der Waals surface area contributed by atoms with Crippen molar-refractivity contribution in [2.24, 2.45) is 5.92 Å². The summed E-state index contributed by atoms with van der Waals surface area (Å²) in [6, 6.07) is 0. The first-order chi connectivity index (χ1) is 4.84. The molecule has 2 nitrogen and oxygen atoms in total. The molecule has 2 N–H and O–H groups in total. The van der Waals surface area contributed by atoms with Crippen molar-refractivity contribution in [3.63, 3.8) is 0 Å². The van der Waals surface area contributed by atoms with E-state index in [4.69, 9.17) is 5.11 Å². The fourth-order valence-electron chi connectivity index (χ4n) is 1.69. The second-order valence-corrected chi connectivity index (χ2v) is 3.12. The van der Waals surface area contributed by atoms with Gasteiger partial charge in [-0.1, -0.05) is 12.8 Å². The van der Waals surface area contributed by atoms with Gasteiger partial charge in [-0.15, -0.1) is 0 Å². The van der Waals surface area contributed by atoms with Gasteiger partial charge in [0.05, 0.1) is 6.10 Å². The molecular formula is C8H16O2. The van der Waals surface area contributed by atoms with E-state index in [-0.39, 0.29) is 12.7 Å². The normalized spacial score (nSPS) is 34.2. The van der Waals surface area contributed by atoms with Gasteiger partial charge < -0.3 is 10.2 Å². The van der Waals surface area contributed by atoms with Crippen molar-refractivity contribution in [3.8, 4) is 0 Å². The minimum atomic E-state index is -0.138. The lowest BCUT2D eigenvalue weighted by Gasteiger charge is -2.26. The number of hydrogen-bond acceptors (Lipinski definition) is 2. The number of hydrogen-bond donors (Lipinski definition) is 2. The van der Waals surface area contributed by atoms with Crippen LogP contribution in [0, 0.1) is 5.92 Å². The van der Waals surface area contributed by atoms with E-state index < -0.39 is 0 Å². The van der Waals surface area contributed by atoms with Crippen LogP contribution in [0.2, 0.25) is 0 Å². The van der Waals surface area contributed by atoms with E-state index in [1.165, 1.54) is 6.42 Å². The van der Waals surface area contributed by atoms with Crippen LogP contribution in [0.5, 0.6) is 0 Å². The molecule has 0 spiro atoms. The van der Waals surface area contributed by atoms with Crippen molar-refractivity contribution >= 4 is 0 Å². The van der Waals surface area contributed by atoms with Crippen molar-refractivity contribution in [2.75, 3.05) is 6.61 Å². The first-order valence-corrected chi connectivity index (χ1v) is 4.13. The van der Waals surface area contributed by atoms with E-state index in [2.05, 4.69) is 0 Å². The Balaban J connectivity index is 2.25. The minimum absolute atomic E-state index is 0.138. The van der Waals surface area contributed by atoms with E-state index in [9.17, 15) is 5.11 Å². The Hall–Kier alpha value is -0.0800. The van der Waals surface area contributed by atoms with Crippen LogP contribution in [-0.2, 0) is 0 Å². The van der Waals surface area contributed by atoms with Gasteiger partial charge in [0, 0.05) is 6.61 Å². The zero-order valence-electron chi connectivity index (χ0n) is 6.29. The SMILES string of the molecule is OCCC1CCCCC1O. The predicted octanol–water partition coefficient (Wildman–Crippen LogP) is 0.920. The van der Waals surface area contributed by atoms with Crippen LogP contribution in [-0.4, -0.2) is 22.9 Å². The van der Waals surface area contributed by atoms with Gasteiger partial charge in [-0.3, -0.25) is 0 Å². The van der Waals surface area contributed by atoms with Crippen molar-refractivity contribution in [1.29, 1.82) is 0 Å². The van der Waals surface area contributed by atoms with E-state index >= 15 is 0 Å². The third-order valence-electron chi connectivity index (χ3n) is 2.37. The average Bonchev–Trinajstić information content (AvgIpc) is 1.94. The van der Waals surface area contributed by atoms with Gasteiger partial charge in [0.15, 0.2) is 0 Å². The van der Waals surface area contributed by atoms with Crippen LogP contribution in [0.25, 0.3) is 0 Å². The van der Waals surface area contributed by atoms with Gasteiger partial charge in [0.2, 0.25) is 0 Å². The third-order valence-corrected chi connectivity index (χ3v) is 2.37. The Labute approximate surface area is 61.9 Å². The maximum absolute atomic E-state index is 9.39. The maximum Gasteiger partial charge on any atom is 0.0569 e. The molecule has 0 aromatic heterocycles. The van der Waals surface area contributed by atoms with Crippen molar-refractivity contribution in [3.05, 3.63) is 0 Å². The molecule has 0 radical (unpaired) electrons. The van der Waals surface area contributed by atoms with Crippen LogP contribution in [0.15, 0.2) is 0 Å². The summed E-state index contributed by atoms with van der Waals surface area (Å²) in [6.45, 7) is 0.224. The molecular weight excluding hydrogens is 128 g/mol. The summed E-state index contributed by atoms with van der Waals surface area (Å²) in [5.41, 5.74) is 0. The number of rotatable bonds is 2. The molecule has 2 atom stereocenters. The minimum Gasteiger partial charge on any atom is -0.396 e. The molecule has 10 heavy (non-hydrogen) atoms. The van der Waals surface area contributed by atoms with Gasteiger partial charge in [-0.25, -0.2) is 0 Å². The lowest BCUT2D eigenvalue weighted by atomic mass is 9.85. The Kier molecular flexibility index (Phi) is 3.16. The van der Waals surface area contributed by atoms with Gasteiger partial charge in [0.1, 0.15) is 0 Å². The maximum atomic E-state index is 9.39. The van der Waals surface area contributed by atoms with E-state index in [1.54, 1.807) is 0 Å². The first-order valence-electron chi connectivity index (χ1n) is 4.13. The summed E-state index contributed by atoms with van der Waals surface area (Å²) in [6.07, 6.45) is 5.05. The highest BCUT2D eigenvalue weighted by Crippen LogP contribution is 2.26. The van der Waals surface area contributed by atoms with Crippen molar-refractivity contribution < 1.29 is 10.2 Å². The molecule has 1 aliphatic carbocycles. The molecule has 0 aromatic rings. The highest BCUT2D eigenvalue weighted by atomic mass is 16.3. The molecule has 1 aliphatic rings. The van der Waals surface area contributed by atoms with Gasteiger partial charge in [-0.05, 0) is 25.2 Å². The summed E-state index contributed by atoms with van der Waals surface area (Å²) in [7, 11) is 0. The zero-order chi connectivity index (χ0) is 7.40. The molecule has 0 aromatic carbocycles. The monoisotopic (exact) mass is 144 g/mol. The summed E-state index contributed by atoms with van der Waals surface area (Å²) >= 11 is 0. The van der Waals surface area contributed by atoms with Crippen molar-refractivity contribution in [2.45, 2.75) is 38.2 Å². The van der Waals surface area contributed by atoms with Gasteiger partial charge >= 0.3 is 0 Å². The van der Waals surface area contributed by atoms with Crippen molar-refractivity contribution in [1.82, 2.24) is 0 Å². The van der Waals surface area contributed by atoms with E-state index in [1.807, 2.05) is 0 Å². The molecule has 1 saturated carbocycles. The largest absolute Gasteiger partial charge is 0.396 e. The Morgan fingerprint density at radius 3 is 2.50 bits per heavy atom. The summed E-state index contributed by atoms with van der Waals surface area (Å²) < 4.78 is 0. The summed E-state index contributed by atoms with van der Waals surface area (Å²) in [5.74, 6) is 0.374. The number of aliphatic hydroxyl groups excluding tert-OH is 2. The molecule has 60 valence electrons. The fraction of sp³-hybridized carbons (Fsp3) is 1.00. The standard InChI is InChI=1S/C8H16O2/c9-6-5-7-3-1-2-4-8(7)10/h7-10H,1-6H2. The Morgan fingerprint density at radius 1 is 1.20 bits per heavy atom. The molecule has 1 fully saturated rings. The average molecular weight is 144 g/mol. The zero-order valence-corrected chi connectivity index (χ0v) is 6.29. The van der Waals surface area contributed by atoms with Gasteiger partial charge in [-0.2, -0.15) is 0 Å². The molecule has 0 saturated heterocycles. The molecule has 1 rings (SSSR count). The number of aliphatic hydroxyl groups is 2. The van der Waals surface area contributed by atoms with Crippen LogP contribution >= 0.6 is 0 Å². The molecule has 0 bridgehead atoms. The Bertz CT molecular complexity index is 91.3. The quantitative estimate of drug-likeness (QED) is 0.605. The molecule has 0 heterocycles. The third kappa shape index (κ3) is 1.96. The highest BCUT2D eigenvalue weighted by Gasteiger charge is 2.21. The molecule has 2 unspecified atom stereocenters. The first kappa shape index (κ1) is 8.02. The second kappa shape index (κ2) is 3.94. The fourth-order valence-corrected chi connectivity index (χ4v) is 1.69. The highest BCUT2D eigenvalue weighted by molar-refractivity contribution is 4.73. The lowest BCUT2D eigenvalue weighted by molar-refractivity contribution is 0.0551. The van der Waals surface area contributed by atoms with Crippen LogP contribution in [0.1, 0.15) is 32.1 Å². The van der Waals surface area contributed by atoms with E-state index in [0.29, 0.717) is 5.92 Å². The topological polar surface area (TPSA) is 40.5 Å². The van der Waals surface area contributed by atoms with Crippen LogP contribution in [0.4, 0.5) is 0 Å².